The van der Waals surface area contributed by atoms with Gasteiger partial charge < -0.3 is 4.90 Å². The quantitative estimate of drug-likeness (QED) is 0.460. The molecule has 1 aliphatic rings. The Morgan fingerprint density at radius 1 is 0.889 bits per heavy atom. The molecule has 4 heteroatoms. The van der Waals surface area contributed by atoms with Gasteiger partial charge >= 0.3 is 0 Å². The molecule has 18 heavy (non-hydrogen) atoms. The van der Waals surface area contributed by atoms with Crippen molar-refractivity contribution in [2.75, 3.05) is 13.1 Å². The molecule has 0 atom stereocenters. The first kappa shape index (κ1) is 12.5. The van der Waals surface area contributed by atoms with Gasteiger partial charge in [0.05, 0.1) is 0 Å². The van der Waals surface area contributed by atoms with Crippen molar-refractivity contribution in [2.24, 2.45) is 0 Å². The summed E-state index contributed by atoms with van der Waals surface area (Å²) in [5, 5.41) is 0. The number of ketones is 2. The Morgan fingerprint density at radius 2 is 1.50 bits per heavy atom. The molecule has 0 aliphatic carbocycles. The summed E-state index contributed by atoms with van der Waals surface area (Å²) in [6, 6.07) is 8.19. The Balaban J connectivity index is 2.07. The third-order valence-corrected chi connectivity index (χ3v) is 3.08. The van der Waals surface area contributed by atoms with Crippen LogP contribution in [-0.4, -0.2) is 35.5 Å². The number of likely N-dealkylation sites (tertiary alicyclic amines) is 1. The minimum absolute atomic E-state index is 0.271. The lowest BCUT2D eigenvalue weighted by atomic mass is 10.1. The highest BCUT2D eigenvalue weighted by Crippen LogP contribution is 2.10. The predicted octanol–water partition coefficient (Wildman–Crippen LogP) is 1.45. The Morgan fingerprint density at radius 3 is 2.11 bits per heavy atom. The van der Waals surface area contributed by atoms with E-state index in [-0.39, 0.29) is 5.56 Å². The predicted molar refractivity (Wildman–Crippen MR) is 66.2 cm³/mol. The highest BCUT2D eigenvalue weighted by molar-refractivity contribution is 6.66. The maximum atomic E-state index is 11.9. The van der Waals surface area contributed by atoms with Crippen molar-refractivity contribution in [1.82, 2.24) is 4.90 Å². The van der Waals surface area contributed by atoms with Gasteiger partial charge in [-0.2, -0.15) is 0 Å². The fraction of sp³-hybridized carbons (Fsp3) is 0.357. The monoisotopic (exact) mass is 245 g/mol. The SMILES string of the molecule is O=C(C(=O)c1ccccc1)C(=O)N1CCCCC1. The van der Waals surface area contributed by atoms with Gasteiger partial charge in [0, 0.05) is 18.7 Å². The van der Waals surface area contributed by atoms with E-state index in [1.54, 1.807) is 30.3 Å². The largest absolute Gasteiger partial charge is 0.336 e. The molecule has 4 nitrogen and oxygen atoms in total. The number of Topliss-reactive ketones (excluding diaryl/α,β-unsaturated/α-hetero) is 2. The van der Waals surface area contributed by atoms with Crippen molar-refractivity contribution in [1.29, 1.82) is 0 Å². The number of hydrogen-bond acceptors (Lipinski definition) is 3. The minimum Gasteiger partial charge on any atom is -0.336 e. The van der Waals surface area contributed by atoms with Crippen LogP contribution >= 0.6 is 0 Å². The molecular weight excluding hydrogens is 230 g/mol. The molecule has 94 valence electrons. The van der Waals surface area contributed by atoms with E-state index in [1.807, 2.05) is 0 Å². The van der Waals surface area contributed by atoms with E-state index >= 15 is 0 Å². The van der Waals surface area contributed by atoms with Crippen LogP contribution in [0.25, 0.3) is 0 Å². The number of piperidine rings is 1. The summed E-state index contributed by atoms with van der Waals surface area (Å²) in [5.41, 5.74) is 0.271. The van der Waals surface area contributed by atoms with Crippen LogP contribution < -0.4 is 0 Å². The number of rotatable bonds is 3. The van der Waals surface area contributed by atoms with Gasteiger partial charge in [-0.15, -0.1) is 0 Å². The third kappa shape index (κ3) is 2.64. The van der Waals surface area contributed by atoms with Gasteiger partial charge in [0.15, 0.2) is 0 Å². The summed E-state index contributed by atoms with van der Waals surface area (Å²) in [7, 11) is 0. The van der Waals surface area contributed by atoms with Gasteiger partial charge in [-0.25, -0.2) is 0 Å². The molecule has 1 heterocycles. The van der Waals surface area contributed by atoms with Crippen LogP contribution in [0.4, 0.5) is 0 Å². The standard InChI is InChI=1S/C14H15NO3/c16-12(11-7-3-1-4-8-11)13(17)14(18)15-9-5-2-6-10-15/h1,3-4,7-8H,2,5-6,9-10H2. The normalized spacial score (nSPS) is 15.2. The zero-order valence-corrected chi connectivity index (χ0v) is 10.1. The topological polar surface area (TPSA) is 54.5 Å². The van der Waals surface area contributed by atoms with E-state index in [4.69, 9.17) is 0 Å². The second-order valence-corrected chi connectivity index (χ2v) is 4.38. The zero-order valence-electron chi connectivity index (χ0n) is 10.1. The Kier molecular flexibility index (Phi) is 3.87. The van der Waals surface area contributed by atoms with Gasteiger partial charge in [-0.05, 0) is 19.3 Å². The summed E-state index contributed by atoms with van der Waals surface area (Å²) in [5.74, 6) is -2.31. The van der Waals surface area contributed by atoms with Crippen LogP contribution in [0.1, 0.15) is 29.6 Å². The van der Waals surface area contributed by atoms with Gasteiger partial charge in [0.1, 0.15) is 0 Å². The molecule has 0 spiro atoms. The van der Waals surface area contributed by atoms with Crippen molar-refractivity contribution >= 4 is 17.5 Å². The number of hydrogen-bond donors (Lipinski definition) is 0. The van der Waals surface area contributed by atoms with E-state index in [0.717, 1.165) is 19.3 Å². The molecule has 1 saturated heterocycles. The van der Waals surface area contributed by atoms with Crippen molar-refractivity contribution in [3.8, 4) is 0 Å². The summed E-state index contributed by atoms with van der Waals surface area (Å²) < 4.78 is 0. The molecule has 1 aromatic carbocycles. The van der Waals surface area contributed by atoms with Crippen LogP contribution in [-0.2, 0) is 9.59 Å². The first-order chi connectivity index (χ1) is 8.70. The van der Waals surface area contributed by atoms with Crippen LogP contribution in [0.15, 0.2) is 30.3 Å². The van der Waals surface area contributed by atoms with Crippen molar-refractivity contribution in [2.45, 2.75) is 19.3 Å². The van der Waals surface area contributed by atoms with Crippen molar-refractivity contribution in [3.05, 3.63) is 35.9 Å². The summed E-state index contributed by atoms with van der Waals surface area (Å²) in [6.45, 7) is 1.15. The lowest BCUT2D eigenvalue weighted by molar-refractivity contribution is -0.142. The first-order valence-corrected chi connectivity index (χ1v) is 6.13. The summed E-state index contributed by atoms with van der Waals surface area (Å²) in [6.07, 6.45) is 2.88. The van der Waals surface area contributed by atoms with Crippen LogP contribution in [0.2, 0.25) is 0 Å². The Hall–Kier alpha value is -1.97. The van der Waals surface area contributed by atoms with Gasteiger partial charge in [-0.1, -0.05) is 30.3 Å². The average molecular weight is 245 g/mol. The fourth-order valence-corrected chi connectivity index (χ4v) is 2.06. The summed E-state index contributed by atoms with van der Waals surface area (Å²) in [4.78, 5) is 37.0. The maximum Gasteiger partial charge on any atom is 0.298 e. The summed E-state index contributed by atoms with van der Waals surface area (Å²) >= 11 is 0. The number of amides is 1. The highest BCUT2D eigenvalue weighted by Gasteiger charge is 2.29. The van der Waals surface area contributed by atoms with E-state index in [1.165, 1.54) is 4.90 Å². The molecule has 0 unspecified atom stereocenters. The van der Waals surface area contributed by atoms with Crippen LogP contribution in [0, 0.1) is 0 Å². The lowest BCUT2D eigenvalue weighted by Crippen LogP contribution is -2.42. The zero-order chi connectivity index (χ0) is 13.0. The second-order valence-electron chi connectivity index (χ2n) is 4.38. The molecule has 1 aromatic rings. The molecule has 2 rings (SSSR count). The van der Waals surface area contributed by atoms with Gasteiger partial charge in [-0.3, -0.25) is 14.4 Å². The van der Waals surface area contributed by atoms with E-state index in [9.17, 15) is 14.4 Å². The Labute approximate surface area is 106 Å². The molecule has 0 bridgehead atoms. The third-order valence-electron chi connectivity index (χ3n) is 3.08. The maximum absolute atomic E-state index is 11.9. The van der Waals surface area contributed by atoms with E-state index < -0.39 is 17.5 Å². The van der Waals surface area contributed by atoms with Crippen LogP contribution in [0.3, 0.4) is 0 Å². The number of carbonyl (C=O) groups is 3. The Bertz CT molecular complexity index is 461. The molecule has 0 radical (unpaired) electrons. The molecule has 1 aliphatic heterocycles. The smallest absolute Gasteiger partial charge is 0.298 e. The second kappa shape index (κ2) is 5.58. The molecule has 0 aromatic heterocycles. The van der Waals surface area contributed by atoms with Gasteiger partial charge in [0.2, 0.25) is 5.78 Å². The first-order valence-electron chi connectivity index (χ1n) is 6.13. The molecule has 1 fully saturated rings. The van der Waals surface area contributed by atoms with Crippen LogP contribution in [0.5, 0.6) is 0 Å². The van der Waals surface area contributed by atoms with Crippen molar-refractivity contribution < 1.29 is 14.4 Å². The number of carbonyl (C=O) groups excluding carboxylic acids is 3. The molecule has 0 saturated carbocycles. The molecular formula is C14H15NO3. The fourth-order valence-electron chi connectivity index (χ4n) is 2.06. The van der Waals surface area contributed by atoms with E-state index in [0.29, 0.717) is 13.1 Å². The average Bonchev–Trinajstić information content (AvgIpc) is 2.47. The minimum atomic E-state index is -0.928. The molecule has 0 N–H and O–H groups in total. The van der Waals surface area contributed by atoms with E-state index in [2.05, 4.69) is 0 Å². The molecule has 1 amide bonds. The number of nitrogens with zero attached hydrogens (tertiary/aromatic N) is 1. The number of benzene rings is 1. The van der Waals surface area contributed by atoms with Gasteiger partial charge in [0.25, 0.3) is 11.7 Å². The lowest BCUT2D eigenvalue weighted by Gasteiger charge is -2.25. The highest BCUT2D eigenvalue weighted by atomic mass is 16.2. The van der Waals surface area contributed by atoms with Crippen molar-refractivity contribution in [3.63, 3.8) is 0 Å².